The second-order valence-electron chi connectivity index (χ2n) is 17.6. The zero-order valence-corrected chi connectivity index (χ0v) is 43.3. The molecule has 0 radical (unpaired) electrons. The molecule has 22 heteroatoms. The van der Waals surface area contributed by atoms with Gasteiger partial charge in [-0.05, 0) is 140 Å². The van der Waals surface area contributed by atoms with Crippen LogP contribution in [0.4, 0.5) is 46.5 Å². The van der Waals surface area contributed by atoms with Crippen LogP contribution < -0.4 is 8.61 Å². The Labute approximate surface area is 442 Å². The van der Waals surface area contributed by atoms with Crippen LogP contribution in [0.25, 0.3) is 23.3 Å². The first-order valence-electron chi connectivity index (χ1n) is 22.9. The summed E-state index contributed by atoms with van der Waals surface area (Å²) < 4.78 is 170. The van der Waals surface area contributed by atoms with Crippen LogP contribution in [-0.4, -0.2) is 53.6 Å². The van der Waals surface area contributed by atoms with Crippen LogP contribution in [-0.2, 0) is 59.6 Å². The number of rotatable bonds is 11. The molecule has 0 aliphatic carbocycles. The van der Waals surface area contributed by atoms with E-state index in [-0.39, 0.29) is 58.5 Å². The van der Waals surface area contributed by atoms with Gasteiger partial charge in [0, 0.05) is 24.2 Å². The van der Waals surface area contributed by atoms with Gasteiger partial charge in [-0.1, -0.05) is 83.9 Å². The first-order valence-corrected chi connectivity index (χ1v) is 26.6. The summed E-state index contributed by atoms with van der Waals surface area (Å²) in [6.07, 6.45) is -6.10. The lowest BCUT2D eigenvalue weighted by molar-refractivity contribution is -0.147. The van der Waals surface area contributed by atoms with Gasteiger partial charge in [0.1, 0.15) is 11.6 Å². The molecule has 0 amide bonds. The Morgan fingerprint density at radius 2 is 1.01 bits per heavy atom. The highest BCUT2D eigenvalue weighted by Crippen LogP contribution is 2.41. The smallest absolute Gasteiger partial charge is 0.416 e. The quantitative estimate of drug-likeness (QED) is 0.0769. The van der Waals surface area contributed by atoms with Crippen molar-refractivity contribution in [1.29, 1.82) is 0 Å². The summed E-state index contributed by atoms with van der Waals surface area (Å²) in [6.45, 7) is 4.19. The van der Waals surface area contributed by atoms with Gasteiger partial charge in [-0.2, -0.15) is 26.3 Å². The maximum atomic E-state index is 14.4. The van der Waals surface area contributed by atoms with Crippen molar-refractivity contribution in [1.82, 2.24) is 0 Å². The Morgan fingerprint density at radius 1 is 0.618 bits per heavy atom. The van der Waals surface area contributed by atoms with Crippen molar-refractivity contribution in [3.05, 3.63) is 188 Å². The van der Waals surface area contributed by atoms with E-state index in [1.54, 1.807) is 69.3 Å². The molecule has 1 N–H and O–H groups in total. The summed E-state index contributed by atoms with van der Waals surface area (Å²) in [5, 5.41) is 9.98. The fourth-order valence-corrected chi connectivity index (χ4v) is 12.6. The third-order valence-electron chi connectivity index (χ3n) is 12.4. The zero-order chi connectivity index (χ0) is 55.7. The number of carboxylic acids is 1. The number of benzene rings is 6. The molecule has 2 unspecified atom stereocenters. The second-order valence-corrected chi connectivity index (χ2v) is 22.2. The number of halogens is 10. The van der Waals surface area contributed by atoms with Gasteiger partial charge >= 0.3 is 24.3 Å². The summed E-state index contributed by atoms with van der Waals surface area (Å²) in [4.78, 5) is 23.2. The third kappa shape index (κ3) is 12.4. The third-order valence-corrected chi connectivity index (χ3v) is 16.6. The number of esters is 1. The maximum Gasteiger partial charge on any atom is 0.416 e. The number of hydrogen-bond acceptors (Lipinski definition) is 7. The molecular formula is C54H44Cl2F8N2O8S2. The number of fused-ring (bicyclic) bond motifs is 2. The van der Waals surface area contributed by atoms with Gasteiger partial charge in [-0.15, -0.1) is 0 Å². The molecule has 8 rings (SSSR count). The molecule has 2 heterocycles. The molecule has 0 saturated heterocycles. The van der Waals surface area contributed by atoms with Gasteiger partial charge in [0.2, 0.25) is 0 Å². The second kappa shape index (κ2) is 22.5. The lowest BCUT2D eigenvalue weighted by Crippen LogP contribution is -2.43. The van der Waals surface area contributed by atoms with E-state index < -0.39 is 95.3 Å². The molecule has 2 atom stereocenters. The van der Waals surface area contributed by atoms with E-state index in [2.05, 4.69) is 0 Å². The maximum absolute atomic E-state index is 14.4. The van der Waals surface area contributed by atoms with Crippen LogP contribution in [0.1, 0.15) is 65.3 Å². The monoisotopic (exact) mass is 1130 g/mol. The van der Waals surface area contributed by atoms with Crippen LogP contribution in [0, 0.1) is 23.5 Å². The van der Waals surface area contributed by atoms with Crippen molar-refractivity contribution in [2.75, 3.05) is 28.3 Å². The summed E-state index contributed by atoms with van der Waals surface area (Å²) in [5.41, 5.74) is 1.23. The number of alkyl halides is 6. The highest BCUT2D eigenvalue weighted by molar-refractivity contribution is 7.93. The van der Waals surface area contributed by atoms with E-state index in [4.69, 9.17) is 27.9 Å². The van der Waals surface area contributed by atoms with Crippen molar-refractivity contribution >= 4 is 89.9 Å². The predicted octanol–water partition coefficient (Wildman–Crippen LogP) is 13.5. The van der Waals surface area contributed by atoms with Crippen molar-refractivity contribution in [3.8, 4) is 0 Å². The number of nitrogens with zero attached hydrogens (tertiary/aromatic N) is 2. The normalized spacial score (nSPS) is 16.3. The number of carboxylic acid groups (broad SMARTS) is 1. The van der Waals surface area contributed by atoms with Gasteiger partial charge in [0.25, 0.3) is 20.0 Å². The van der Waals surface area contributed by atoms with Gasteiger partial charge in [0.15, 0.2) is 0 Å². The van der Waals surface area contributed by atoms with E-state index in [1.165, 1.54) is 36.4 Å². The van der Waals surface area contributed by atoms with Gasteiger partial charge in [-0.3, -0.25) is 18.2 Å². The fraction of sp³-hybridized carbons (Fsp3) is 0.222. The highest BCUT2D eigenvalue weighted by Gasteiger charge is 2.40. The number of anilines is 2. The van der Waals surface area contributed by atoms with Crippen LogP contribution in [0.5, 0.6) is 0 Å². The van der Waals surface area contributed by atoms with Crippen LogP contribution in [0.2, 0.25) is 10.0 Å². The minimum Gasteiger partial charge on any atom is -0.481 e. The molecule has 10 nitrogen and oxygen atoms in total. The molecule has 0 bridgehead atoms. The van der Waals surface area contributed by atoms with Crippen LogP contribution in [0.3, 0.4) is 0 Å². The molecule has 76 heavy (non-hydrogen) atoms. The fourth-order valence-electron chi connectivity index (χ4n) is 8.76. The lowest BCUT2D eigenvalue weighted by Gasteiger charge is -2.34. The first-order chi connectivity index (χ1) is 35.6. The number of hydrogen-bond donors (Lipinski definition) is 1. The Morgan fingerprint density at radius 3 is 1.39 bits per heavy atom. The molecule has 2 aliphatic heterocycles. The molecule has 0 aromatic heterocycles. The summed E-state index contributed by atoms with van der Waals surface area (Å²) in [7, 11) is -9.09. The first kappa shape index (κ1) is 57.0. The molecule has 0 fully saturated rings. The molecular weight excluding hydrogens is 1090 g/mol. The number of allylic oxidation sites excluding steroid dienone is 2. The molecule has 6 aromatic rings. The van der Waals surface area contributed by atoms with Gasteiger partial charge < -0.3 is 9.84 Å². The number of sulfonamides is 2. The Kier molecular flexibility index (Phi) is 16.8. The van der Waals surface area contributed by atoms with Gasteiger partial charge in [0.05, 0.1) is 60.8 Å². The summed E-state index contributed by atoms with van der Waals surface area (Å²) in [6, 6.07) is 24.8. The van der Waals surface area contributed by atoms with Crippen LogP contribution in [0.15, 0.2) is 131 Å². The van der Waals surface area contributed by atoms with Crippen molar-refractivity contribution in [2.24, 2.45) is 11.8 Å². The highest BCUT2D eigenvalue weighted by atomic mass is 35.5. The Bertz CT molecular complexity index is 3490. The average molecular weight is 1140 g/mol. The number of carbonyl (C=O) groups is 2. The van der Waals surface area contributed by atoms with E-state index in [1.807, 2.05) is 0 Å². The van der Waals surface area contributed by atoms with E-state index in [0.29, 0.717) is 45.5 Å². The van der Waals surface area contributed by atoms with Crippen molar-refractivity contribution in [3.63, 3.8) is 0 Å². The van der Waals surface area contributed by atoms with Gasteiger partial charge in [-0.25, -0.2) is 25.6 Å². The van der Waals surface area contributed by atoms with Crippen molar-refractivity contribution < 1.29 is 71.4 Å². The molecule has 6 aromatic carbocycles. The van der Waals surface area contributed by atoms with E-state index in [0.717, 1.165) is 45.0 Å². The van der Waals surface area contributed by atoms with E-state index in [9.17, 15) is 66.7 Å². The molecule has 0 saturated carbocycles. The SMILES string of the molecule is C/C(=C\c1ccc2c(c1)N(S(=O)(=O)c1cccc(C(F)(F)F)c1)CC(C(=O)O)C2)c1c(F)cccc1Cl.CCOC(=O)C1Cc2ccc(/C=C(\C)c3c(F)cccc3Cl)cc2N(S(=O)(=O)c2cccc(C(F)(F)F)c2)C1. The zero-order valence-electron chi connectivity index (χ0n) is 40.2. The lowest BCUT2D eigenvalue weighted by atomic mass is 9.92. The summed E-state index contributed by atoms with van der Waals surface area (Å²) in [5.74, 6) is -4.88. The van der Waals surface area contributed by atoms with Crippen molar-refractivity contribution in [2.45, 2.75) is 55.8 Å². The number of ether oxygens (including phenoxy) is 1. The number of aliphatic carboxylic acids is 1. The minimum absolute atomic E-state index is 0.0292. The average Bonchev–Trinajstić information content (AvgIpc) is 3.42. The van der Waals surface area contributed by atoms with Crippen LogP contribution >= 0.6 is 23.2 Å². The number of carbonyl (C=O) groups excluding carboxylic acids is 1. The largest absolute Gasteiger partial charge is 0.481 e. The molecule has 2 aliphatic rings. The summed E-state index contributed by atoms with van der Waals surface area (Å²) >= 11 is 12.3. The molecule has 400 valence electrons. The molecule has 0 spiro atoms. The topological polar surface area (TPSA) is 138 Å². The predicted molar refractivity (Wildman–Crippen MR) is 273 cm³/mol. The van der Waals surface area contributed by atoms with E-state index >= 15 is 0 Å². The Balaban J connectivity index is 0.000000221. The minimum atomic E-state index is -4.77. The Hall–Kier alpha value is -6.74. The standard InChI is InChI=1S/C28H24ClF4NO4S.C26H20ClF4NO4S/c1-3-38-27(35)20-14-19-11-10-18(12-17(2)26-23(29)8-5-9-24(26)30)13-25(19)34(16-20)39(36,37)22-7-4-6-21(15-22)28(31,32)33;1-15(24-21(27)6-3-7-22(24)28)10-16-8-9-17-12-18(25(33)34)14-32(23(17)11-16)37(35,36)20-5-2-4-19(13-20)26(29,30)31/h4-13,15,20H,3,14,16H2,1-2H3;2-11,13,18H,12,14H2,1H3,(H,33,34)/b17-12+;15-10+.